The van der Waals surface area contributed by atoms with Gasteiger partial charge in [0.25, 0.3) is 0 Å². The fourth-order valence-corrected chi connectivity index (χ4v) is 3.41. The number of thiocarbonyl (C=S) groups is 1. The van der Waals surface area contributed by atoms with Crippen LogP contribution in [0.1, 0.15) is 23.7 Å². The Morgan fingerprint density at radius 2 is 1.92 bits per heavy atom. The maximum absolute atomic E-state index is 13.8. The normalized spacial score (nSPS) is 15.3. The standard InChI is InChI=1S/C19H26FN5S/c1-3-25-14-17(15(2)22-25)12-21-19(26)24-10-8-23(9-11-24)13-16-6-4-5-7-18(16)20/h4-7,14H,3,8-13H2,1-2H3,(H,21,26). The molecule has 2 aromatic rings. The Bertz CT molecular complexity index is 752. The Labute approximate surface area is 159 Å². The van der Waals surface area contributed by atoms with Crippen LogP contribution >= 0.6 is 12.2 Å². The van der Waals surface area contributed by atoms with Crippen molar-refractivity contribution in [1.29, 1.82) is 0 Å². The summed E-state index contributed by atoms with van der Waals surface area (Å²) in [6.07, 6.45) is 2.07. The summed E-state index contributed by atoms with van der Waals surface area (Å²) in [5, 5.41) is 8.58. The Morgan fingerprint density at radius 1 is 1.19 bits per heavy atom. The molecule has 1 aromatic carbocycles. The highest BCUT2D eigenvalue weighted by Crippen LogP contribution is 2.12. The first-order valence-electron chi connectivity index (χ1n) is 9.08. The molecule has 0 radical (unpaired) electrons. The number of benzene rings is 1. The van der Waals surface area contributed by atoms with E-state index in [4.69, 9.17) is 12.2 Å². The van der Waals surface area contributed by atoms with Gasteiger partial charge in [-0.2, -0.15) is 5.10 Å². The number of hydrogen-bond acceptors (Lipinski definition) is 3. The van der Waals surface area contributed by atoms with Crippen LogP contribution in [-0.2, 0) is 19.6 Å². The number of aromatic nitrogens is 2. The van der Waals surface area contributed by atoms with Crippen LogP contribution in [0.5, 0.6) is 0 Å². The first kappa shape index (κ1) is 18.8. The molecule has 1 saturated heterocycles. The van der Waals surface area contributed by atoms with Gasteiger partial charge < -0.3 is 10.2 Å². The molecule has 26 heavy (non-hydrogen) atoms. The third-order valence-corrected chi connectivity index (χ3v) is 5.22. The second-order valence-corrected chi connectivity index (χ2v) is 7.00. The van der Waals surface area contributed by atoms with Gasteiger partial charge in [-0.3, -0.25) is 9.58 Å². The molecular formula is C19H26FN5S. The third-order valence-electron chi connectivity index (χ3n) is 4.81. The lowest BCUT2D eigenvalue weighted by Gasteiger charge is -2.36. The lowest BCUT2D eigenvalue weighted by molar-refractivity contribution is 0.173. The van der Waals surface area contributed by atoms with E-state index in [1.54, 1.807) is 6.07 Å². The minimum atomic E-state index is -0.130. The maximum Gasteiger partial charge on any atom is 0.169 e. The zero-order valence-corrected chi connectivity index (χ0v) is 16.2. The van der Waals surface area contributed by atoms with Gasteiger partial charge in [-0.1, -0.05) is 18.2 Å². The van der Waals surface area contributed by atoms with E-state index in [1.807, 2.05) is 23.7 Å². The molecule has 1 aliphatic rings. The van der Waals surface area contributed by atoms with Crippen LogP contribution in [0.25, 0.3) is 0 Å². The highest BCUT2D eigenvalue weighted by Gasteiger charge is 2.20. The number of piperazine rings is 1. The summed E-state index contributed by atoms with van der Waals surface area (Å²) in [5.74, 6) is -0.130. The third kappa shape index (κ3) is 4.59. The topological polar surface area (TPSA) is 36.3 Å². The van der Waals surface area contributed by atoms with Gasteiger partial charge in [0, 0.05) is 63.1 Å². The molecular weight excluding hydrogens is 349 g/mol. The summed E-state index contributed by atoms with van der Waals surface area (Å²) >= 11 is 5.55. The summed E-state index contributed by atoms with van der Waals surface area (Å²) in [6.45, 7) is 9.78. The van der Waals surface area contributed by atoms with E-state index in [0.717, 1.165) is 49.1 Å². The lowest BCUT2D eigenvalue weighted by atomic mass is 10.2. The van der Waals surface area contributed by atoms with Crippen molar-refractivity contribution in [2.75, 3.05) is 26.2 Å². The Kier molecular flexibility index (Phi) is 6.21. The van der Waals surface area contributed by atoms with E-state index in [9.17, 15) is 4.39 Å². The van der Waals surface area contributed by atoms with Crippen LogP contribution in [0.15, 0.2) is 30.5 Å². The molecule has 7 heteroatoms. The average Bonchev–Trinajstić information content (AvgIpc) is 3.02. The van der Waals surface area contributed by atoms with Gasteiger partial charge in [0.05, 0.1) is 5.69 Å². The molecule has 1 aliphatic heterocycles. The molecule has 2 heterocycles. The molecule has 0 spiro atoms. The van der Waals surface area contributed by atoms with E-state index in [0.29, 0.717) is 13.1 Å². The van der Waals surface area contributed by atoms with E-state index < -0.39 is 0 Å². The predicted molar refractivity (Wildman–Crippen MR) is 105 cm³/mol. The summed E-state index contributed by atoms with van der Waals surface area (Å²) in [7, 11) is 0. The number of halogens is 1. The molecule has 0 saturated carbocycles. The second kappa shape index (κ2) is 8.60. The molecule has 5 nitrogen and oxygen atoms in total. The smallest absolute Gasteiger partial charge is 0.169 e. The lowest BCUT2D eigenvalue weighted by Crippen LogP contribution is -2.51. The summed E-state index contributed by atoms with van der Waals surface area (Å²) < 4.78 is 15.7. The van der Waals surface area contributed by atoms with Gasteiger partial charge in [-0.05, 0) is 32.1 Å². The molecule has 0 unspecified atom stereocenters. The van der Waals surface area contributed by atoms with Crippen LogP contribution in [0, 0.1) is 12.7 Å². The van der Waals surface area contributed by atoms with Crippen molar-refractivity contribution in [1.82, 2.24) is 24.9 Å². The molecule has 0 atom stereocenters. The van der Waals surface area contributed by atoms with Crippen molar-refractivity contribution in [3.05, 3.63) is 53.1 Å². The zero-order valence-electron chi connectivity index (χ0n) is 15.4. The van der Waals surface area contributed by atoms with Crippen molar-refractivity contribution in [3.8, 4) is 0 Å². The predicted octanol–water partition coefficient (Wildman–Crippen LogP) is 2.54. The van der Waals surface area contributed by atoms with Gasteiger partial charge in [0.15, 0.2) is 5.11 Å². The van der Waals surface area contributed by atoms with Crippen LogP contribution in [0.2, 0.25) is 0 Å². The minimum Gasteiger partial charge on any atom is -0.358 e. The van der Waals surface area contributed by atoms with Crippen molar-refractivity contribution in [3.63, 3.8) is 0 Å². The van der Waals surface area contributed by atoms with Crippen LogP contribution in [-0.4, -0.2) is 50.9 Å². The highest BCUT2D eigenvalue weighted by atomic mass is 32.1. The van der Waals surface area contributed by atoms with E-state index >= 15 is 0 Å². The molecule has 3 rings (SSSR count). The van der Waals surface area contributed by atoms with Crippen LogP contribution < -0.4 is 5.32 Å². The van der Waals surface area contributed by atoms with Gasteiger partial charge in [0.2, 0.25) is 0 Å². The number of nitrogens with zero attached hydrogens (tertiary/aromatic N) is 4. The molecule has 0 aliphatic carbocycles. The number of nitrogens with one attached hydrogen (secondary N) is 1. The molecule has 0 bridgehead atoms. The van der Waals surface area contributed by atoms with Crippen molar-refractivity contribution < 1.29 is 4.39 Å². The number of hydrogen-bond donors (Lipinski definition) is 1. The summed E-state index contributed by atoms with van der Waals surface area (Å²) in [4.78, 5) is 4.46. The average molecular weight is 376 g/mol. The summed E-state index contributed by atoms with van der Waals surface area (Å²) in [5.41, 5.74) is 2.97. The zero-order chi connectivity index (χ0) is 18.5. The first-order valence-corrected chi connectivity index (χ1v) is 9.49. The highest BCUT2D eigenvalue weighted by molar-refractivity contribution is 7.80. The first-order chi connectivity index (χ1) is 12.6. The molecule has 140 valence electrons. The molecule has 0 amide bonds. The SMILES string of the molecule is CCn1cc(CNC(=S)N2CCN(Cc3ccccc3F)CC2)c(C)n1. The molecule has 1 aromatic heterocycles. The van der Waals surface area contributed by atoms with E-state index in [2.05, 4.69) is 33.3 Å². The van der Waals surface area contributed by atoms with Crippen molar-refractivity contribution in [2.24, 2.45) is 0 Å². The van der Waals surface area contributed by atoms with E-state index in [1.165, 1.54) is 11.6 Å². The molecule has 1 N–H and O–H groups in total. The quantitative estimate of drug-likeness (QED) is 0.813. The van der Waals surface area contributed by atoms with Gasteiger partial charge in [-0.15, -0.1) is 0 Å². The number of rotatable bonds is 5. The van der Waals surface area contributed by atoms with Crippen molar-refractivity contribution >= 4 is 17.3 Å². The number of aryl methyl sites for hydroxylation is 2. The Balaban J connectivity index is 1.46. The van der Waals surface area contributed by atoms with Gasteiger partial charge >= 0.3 is 0 Å². The fraction of sp³-hybridized carbons (Fsp3) is 0.474. The van der Waals surface area contributed by atoms with Gasteiger partial charge in [-0.25, -0.2) is 4.39 Å². The maximum atomic E-state index is 13.8. The minimum absolute atomic E-state index is 0.130. The Hall–Kier alpha value is -1.99. The second-order valence-electron chi connectivity index (χ2n) is 6.61. The van der Waals surface area contributed by atoms with E-state index in [-0.39, 0.29) is 5.82 Å². The van der Waals surface area contributed by atoms with Crippen LogP contribution in [0.3, 0.4) is 0 Å². The Morgan fingerprint density at radius 3 is 2.58 bits per heavy atom. The van der Waals surface area contributed by atoms with Gasteiger partial charge in [0.1, 0.15) is 5.82 Å². The molecule has 1 fully saturated rings. The summed E-state index contributed by atoms with van der Waals surface area (Å²) in [6, 6.07) is 6.99. The fourth-order valence-electron chi connectivity index (χ4n) is 3.15. The van der Waals surface area contributed by atoms with Crippen LogP contribution in [0.4, 0.5) is 4.39 Å². The van der Waals surface area contributed by atoms with Crippen molar-refractivity contribution in [2.45, 2.75) is 33.5 Å². The largest absolute Gasteiger partial charge is 0.358 e. The monoisotopic (exact) mass is 375 g/mol.